The van der Waals surface area contributed by atoms with Crippen molar-refractivity contribution in [3.05, 3.63) is 34.9 Å². The molecule has 110 valence electrons. The van der Waals surface area contributed by atoms with Gasteiger partial charge in [0.15, 0.2) is 5.78 Å². The molecule has 0 amide bonds. The average Bonchev–Trinajstić information content (AvgIpc) is 2.70. The van der Waals surface area contributed by atoms with Crippen molar-refractivity contribution in [3.63, 3.8) is 0 Å². The summed E-state index contributed by atoms with van der Waals surface area (Å²) in [5.41, 5.74) is 2.81. The molecular weight excluding hydrogens is 246 g/mol. The molecule has 0 unspecified atom stereocenters. The second kappa shape index (κ2) is 6.09. The molecule has 1 aromatic carbocycles. The van der Waals surface area contributed by atoms with E-state index < -0.39 is 5.54 Å². The number of rotatable bonds is 3. The Hall–Kier alpha value is -1.15. The third kappa shape index (κ3) is 2.95. The van der Waals surface area contributed by atoms with Crippen molar-refractivity contribution >= 4 is 5.78 Å². The van der Waals surface area contributed by atoms with Crippen LogP contribution in [-0.2, 0) is 0 Å². The van der Waals surface area contributed by atoms with E-state index in [0.717, 1.165) is 24.2 Å². The number of likely N-dealkylation sites (tertiary alicyclic amines) is 1. The highest BCUT2D eigenvalue weighted by molar-refractivity contribution is 6.04. The van der Waals surface area contributed by atoms with E-state index in [1.54, 1.807) is 0 Å². The van der Waals surface area contributed by atoms with Crippen molar-refractivity contribution in [2.24, 2.45) is 0 Å². The zero-order valence-electron chi connectivity index (χ0n) is 13.3. The quantitative estimate of drug-likeness (QED) is 0.771. The molecule has 1 aliphatic rings. The molecule has 1 saturated heterocycles. The molecule has 1 aliphatic heterocycles. The Morgan fingerprint density at radius 1 is 1.05 bits per heavy atom. The molecule has 2 nitrogen and oxygen atoms in total. The lowest BCUT2D eigenvalue weighted by molar-refractivity contribution is 0.0649. The summed E-state index contributed by atoms with van der Waals surface area (Å²) >= 11 is 0. The van der Waals surface area contributed by atoms with Crippen molar-refractivity contribution in [3.8, 4) is 0 Å². The molecule has 1 fully saturated rings. The average molecular weight is 273 g/mol. The number of Topliss-reactive ketones (excluding diaryl/α,β-unsaturated/α-hetero) is 1. The molecule has 0 spiro atoms. The second-order valence-electron chi connectivity index (χ2n) is 6.54. The van der Waals surface area contributed by atoms with Crippen LogP contribution in [0, 0.1) is 13.8 Å². The number of carbonyl (C=O) groups is 1. The number of carbonyl (C=O) groups excluding carboxylic acids is 1. The van der Waals surface area contributed by atoms with Crippen molar-refractivity contribution in [2.75, 3.05) is 13.1 Å². The molecule has 1 aromatic rings. The predicted molar refractivity (Wildman–Crippen MR) is 84.4 cm³/mol. The van der Waals surface area contributed by atoms with Gasteiger partial charge in [-0.05, 0) is 64.8 Å². The maximum atomic E-state index is 13.0. The topological polar surface area (TPSA) is 20.3 Å². The summed E-state index contributed by atoms with van der Waals surface area (Å²) < 4.78 is 0. The van der Waals surface area contributed by atoms with E-state index in [1.165, 1.54) is 31.2 Å². The van der Waals surface area contributed by atoms with Crippen LogP contribution in [0.5, 0.6) is 0 Å². The van der Waals surface area contributed by atoms with Gasteiger partial charge in [0.25, 0.3) is 0 Å². The lowest BCUT2D eigenvalue weighted by Gasteiger charge is -2.37. The molecule has 2 heteroatoms. The lowest BCUT2D eigenvalue weighted by Crippen LogP contribution is -2.50. The number of benzene rings is 1. The first-order chi connectivity index (χ1) is 9.44. The maximum absolute atomic E-state index is 13.0. The molecule has 1 heterocycles. The molecule has 0 saturated carbocycles. The Morgan fingerprint density at radius 3 is 2.25 bits per heavy atom. The van der Waals surface area contributed by atoms with E-state index in [2.05, 4.69) is 38.7 Å². The van der Waals surface area contributed by atoms with Gasteiger partial charge in [0.05, 0.1) is 5.54 Å². The first-order valence-electron chi connectivity index (χ1n) is 7.80. The SMILES string of the molecule is Cc1cccc(C(=O)C(C)(C)N2CCCCCC2)c1C. The van der Waals surface area contributed by atoms with E-state index in [1.807, 2.05) is 12.1 Å². The van der Waals surface area contributed by atoms with Gasteiger partial charge in [0.2, 0.25) is 0 Å². The minimum atomic E-state index is -0.400. The number of hydrogen-bond acceptors (Lipinski definition) is 2. The molecule has 0 aromatic heterocycles. The van der Waals surface area contributed by atoms with E-state index in [-0.39, 0.29) is 5.78 Å². The van der Waals surface area contributed by atoms with Gasteiger partial charge in [0.1, 0.15) is 0 Å². The molecule has 0 aliphatic carbocycles. The normalized spacial score (nSPS) is 17.8. The van der Waals surface area contributed by atoms with Crippen LogP contribution in [0.1, 0.15) is 61.0 Å². The largest absolute Gasteiger partial charge is 0.292 e. The Bertz CT molecular complexity index is 482. The zero-order valence-corrected chi connectivity index (χ0v) is 13.3. The number of nitrogens with zero attached hydrogens (tertiary/aromatic N) is 1. The van der Waals surface area contributed by atoms with Crippen LogP contribution in [0.15, 0.2) is 18.2 Å². The number of hydrogen-bond donors (Lipinski definition) is 0. The highest BCUT2D eigenvalue weighted by atomic mass is 16.1. The third-order valence-electron chi connectivity index (χ3n) is 4.80. The lowest BCUT2D eigenvalue weighted by atomic mass is 9.87. The molecule has 20 heavy (non-hydrogen) atoms. The molecule has 2 rings (SSSR count). The zero-order chi connectivity index (χ0) is 14.8. The van der Waals surface area contributed by atoms with Gasteiger partial charge < -0.3 is 0 Å². The Morgan fingerprint density at radius 2 is 1.65 bits per heavy atom. The summed E-state index contributed by atoms with van der Waals surface area (Å²) in [6.07, 6.45) is 5.02. The summed E-state index contributed by atoms with van der Waals surface area (Å²) in [6.45, 7) is 10.4. The highest BCUT2D eigenvalue weighted by Crippen LogP contribution is 2.26. The third-order valence-corrected chi connectivity index (χ3v) is 4.80. The fraction of sp³-hybridized carbons (Fsp3) is 0.611. The van der Waals surface area contributed by atoms with Crippen molar-refractivity contribution < 1.29 is 4.79 Å². The van der Waals surface area contributed by atoms with E-state index in [0.29, 0.717) is 0 Å². The Balaban J connectivity index is 2.27. The van der Waals surface area contributed by atoms with Crippen molar-refractivity contribution in [2.45, 2.75) is 58.9 Å². The van der Waals surface area contributed by atoms with E-state index in [4.69, 9.17) is 0 Å². The molecule has 0 radical (unpaired) electrons. The first-order valence-corrected chi connectivity index (χ1v) is 7.80. The van der Waals surface area contributed by atoms with Crippen LogP contribution < -0.4 is 0 Å². The minimum absolute atomic E-state index is 0.264. The van der Waals surface area contributed by atoms with Crippen LogP contribution in [0.25, 0.3) is 0 Å². The fourth-order valence-electron chi connectivity index (χ4n) is 3.10. The summed E-state index contributed by atoms with van der Waals surface area (Å²) in [5, 5.41) is 0. The fourth-order valence-corrected chi connectivity index (χ4v) is 3.10. The summed E-state index contributed by atoms with van der Waals surface area (Å²) in [7, 11) is 0. The van der Waals surface area contributed by atoms with Crippen molar-refractivity contribution in [1.82, 2.24) is 4.90 Å². The van der Waals surface area contributed by atoms with Crippen molar-refractivity contribution in [1.29, 1.82) is 0 Å². The van der Waals surface area contributed by atoms with Gasteiger partial charge in [-0.15, -0.1) is 0 Å². The molecular formula is C18H27NO. The van der Waals surface area contributed by atoms with Gasteiger partial charge in [-0.2, -0.15) is 0 Å². The Labute approximate surface area is 123 Å². The molecule has 0 N–H and O–H groups in total. The van der Waals surface area contributed by atoms with Gasteiger partial charge in [0, 0.05) is 5.56 Å². The molecule has 0 atom stereocenters. The Kier molecular flexibility index (Phi) is 4.64. The summed E-state index contributed by atoms with van der Waals surface area (Å²) in [5.74, 6) is 0.264. The number of ketones is 1. The summed E-state index contributed by atoms with van der Waals surface area (Å²) in [4.78, 5) is 15.4. The molecule has 0 bridgehead atoms. The van der Waals surface area contributed by atoms with Gasteiger partial charge in [-0.3, -0.25) is 9.69 Å². The predicted octanol–water partition coefficient (Wildman–Crippen LogP) is 4.14. The number of aryl methyl sites for hydroxylation is 1. The highest BCUT2D eigenvalue weighted by Gasteiger charge is 2.35. The standard InChI is InChI=1S/C18H27NO/c1-14-10-9-11-16(15(14)2)17(20)18(3,4)19-12-7-5-6-8-13-19/h9-11H,5-8,12-13H2,1-4H3. The van der Waals surface area contributed by atoms with Gasteiger partial charge in [-0.25, -0.2) is 0 Å². The van der Waals surface area contributed by atoms with Crippen LogP contribution in [0.4, 0.5) is 0 Å². The van der Waals surface area contributed by atoms with Gasteiger partial charge in [-0.1, -0.05) is 31.0 Å². The second-order valence-corrected chi connectivity index (χ2v) is 6.54. The summed E-state index contributed by atoms with van der Waals surface area (Å²) in [6, 6.07) is 6.04. The van der Waals surface area contributed by atoms with Crippen LogP contribution in [0.3, 0.4) is 0 Å². The van der Waals surface area contributed by atoms with Gasteiger partial charge >= 0.3 is 0 Å². The monoisotopic (exact) mass is 273 g/mol. The van der Waals surface area contributed by atoms with E-state index in [9.17, 15) is 4.79 Å². The van der Waals surface area contributed by atoms with Crippen LogP contribution >= 0.6 is 0 Å². The van der Waals surface area contributed by atoms with Crippen LogP contribution in [-0.4, -0.2) is 29.3 Å². The maximum Gasteiger partial charge on any atom is 0.182 e. The van der Waals surface area contributed by atoms with E-state index >= 15 is 0 Å². The minimum Gasteiger partial charge on any atom is -0.292 e. The first kappa shape index (κ1) is 15.2. The smallest absolute Gasteiger partial charge is 0.182 e. The van der Waals surface area contributed by atoms with Crippen LogP contribution in [0.2, 0.25) is 0 Å².